The van der Waals surface area contributed by atoms with E-state index in [9.17, 15) is 4.79 Å². The van der Waals surface area contributed by atoms with Crippen molar-refractivity contribution >= 4 is 28.8 Å². The summed E-state index contributed by atoms with van der Waals surface area (Å²) in [6, 6.07) is 13.2. The Balaban J connectivity index is 1.64. The van der Waals surface area contributed by atoms with Gasteiger partial charge in [0.15, 0.2) is 0 Å². The predicted octanol–water partition coefficient (Wildman–Crippen LogP) is 4.32. The van der Waals surface area contributed by atoms with Crippen LogP contribution in [-0.2, 0) is 17.8 Å². The minimum Gasteiger partial charge on any atom is -0.352 e. The first-order valence-corrected chi connectivity index (χ1v) is 8.52. The topological polar surface area (TPSA) is 42.0 Å². The minimum atomic E-state index is -0.0209. The highest BCUT2D eigenvalue weighted by atomic mass is 35.5. The lowest BCUT2D eigenvalue weighted by Crippen LogP contribution is -2.24. The van der Waals surface area contributed by atoms with Crippen LogP contribution in [0.2, 0.25) is 5.02 Å². The Hall–Kier alpha value is -2.17. The number of hydrogen-bond acceptors (Lipinski definition) is 3. The van der Waals surface area contributed by atoms with Gasteiger partial charge in [-0.1, -0.05) is 29.8 Å². The van der Waals surface area contributed by atoms with E-state index in [-0.39, 0.29) is 5.91 Å². The number of amides is 1. The highest BCUT2D eigenvalue weighted by Gasteiger charge is 2.09. The fraction of sp³-hybridized carbons (Fsp3) is 0.111. The molecular formula is C18H15ClN2OS. The third kappa shape index (κ3) is 4.18. The Morgan fingerprint density at radius 2 is 2.00 bits per heavy atom. The second-order valence-corrected chi connectivity index (χ2v) is 6.32. The number of halogens is 1. The molecular weight excluding hydrogens is 328 g/mol. The number of benzene rings is 1. The average molecular weight is 343 g/mol. The Bertz CT molecular complexity index is 785. The Kier molecular flexibility index (Phi) is 5.05. The summed E-state index contributed by atoms with van der Waals surface area (Å²) in [5.74, 6) is -0.0209. The molecule has 1 N–H and O–H groups in total. The van der Waals surface area contributed by atoms with E-state index in [1.165, 1.54) is 0 Å². The zero-order valence-corrected chi connectivity index (χ0v) is 13.9. The highest BCUT2D eigenvalue weighted by Crippen LogP contribution is 2.23. The number of aromatic nitrogens is 1. The molecule has 23 heavy (non-hydrogen) atoms. The fourth-order valence-electron chi connectivity index (χ4n) is 2.28. The molecule has 0 spiro atoms. The van der Waals surface area contributed by atoms with E-state index in [1.807, 2.05) is 35.7 Å². The quantitative estimate of drug-likeness (QED) is 0.750. The van der Waals surface area contributed by atoms with Crippen molar-refractivity contribution < 1.29 is 4.79 Å². The molecule has 2 aromatic heterocycles. The van der Waals surface area contributed by atoms with Crippen molar-refractivity contribution in [2.75, 3.05) is 0 Å². The monoisotopic (exact) mass is 342 g/mol. The number of pyridine rings is 1. The fourth-order valence-corrected chi connectivity index (χ4v) is 3.05. The van der Waals surface area contributed by atoms with Crippen molar-refractivity contribution in [2.45, 2.75) is 13.0 Å². The van der Waals surface area contributed by atoms with Crippen molar-refractivity contribution in [3.63, 3.8) is 0 Å². The van der Waals surface area contributed by atoms with Crippen LogP contribution in [0.5, 0.6) is 0 Å². The van der Waals surface area contributed by atoms with E-state index in [2.05, 4.69) is 15.7 Å². The van der Waals surface area contributed by atoms with Crippen molar-refractivity contribution in [3.05, 3.63) is 75.6 Å². The van der Waals surface area contributed by atoms with E-state index >= 15 is 0 Å². The molecule has 2 heterocycles. The lowest BCUT2D eigenvalue weighted by molar-refractivity contribution is -0.120. The third-order valence-corrected chi connectivity index (χ3v) is 4.38. The van der Waals surface area contributed by atoms with Crippen LogP contribution in [0.1, 0.15) is 11.1 Å². The average Bonchev–Trinajstić information content (AvgIpc) is 3.10. The standard InChI is InChI=1S/C18H15ClN2OS/c19-16-5-3-13(4-6-16)10-17(22)21-11-14-2-1-8-20-18(14)15-7-9-23-12-15/h1-9,12H,10-11H2,(H,21,22). The lowest BCUT2D eigenvalue weighted by Gasteiger charge is -2.09. The number of hydrogen-bond donors (Lipinski definition) is 1. The molecule has 0 atom stereocenters. The Morgan fingerprint density at radius 1 is 1.17 bits per heavy atom. The Morgan fingerprint density at radius 3 is 2.74 bits per heavy atom. The van der Waals surface area contributed by atoms with E-state index < -0.39 is 0 Å². The maximum Gasteiger partial charge on any atom is 0.224 e. The molecule has 0 aliphatic carbocycles. The first-order chi connectivity index (χ1) is 11.2. The van der Waals surface area contributed by atoms with Crippen LogP contribution in [0.4, 0.5) is 0 Å². The van der Waals surface area contributed by atoms with E-state index in [0.29, 0.717) is 18.0 Å². The molecule has 0 fully saturated rings. The van der Waals surface area contributed by atoms with Crippen LogP contribution in [-0.4, -0.2) is 10.9 Å². The molecule has 0 saturated carbocycles. The number of nitrogens with zero attached hydrogens (tertiary/aromatic N) is 1. The van der Waals surface area contributed by atoms with Gasteiger partial charge in [-0.2, -0.15) is 11.3 Å². The van der Waals surface area contributed by atoms with Gasteiger partial charge in [0.2, 0.25) is 5.91 Å². The molecule has 1 amide bonds. The van der Waals surface area contributed by atoms with Gasteiger partial charge in [0.1, 0.15) is 0 Å². The zero-order valence-electron chi connectivity index (χ0n) is 12.3. The normalized spacial score (nSPS) is 10.5. The van der Waals surface area contributed by atoms with Crippen LogP contribution in [0.25, 0.3) is 11.3 Å². The molecule has 0 radical (unpaired) electrons. The molecule has 3 nitrogen and oxygen atoms in total. The second-order valence-electron chi connectivity index (χ2n) is 5.10. The smallest absolute Gasteiger partial charge is 0.224 e. The first-order valence-electron chi connectivity index (χ1n) is 7.20. The summed E-state index contributed by atoms with van der Waals surface area (Å²) in [7, 11) is 0. The second kappa shape index (κ2) is 7.40. The maximum atomic E-state index is 12.1. The van der Waals surface area contributed by atoms with Gasteiger partial charge in [-0.05, 0) is 40.8 Å². The molecule has 5 heteroatoms. The van der Waals surface area contributed by atoms with E-state index in [0.717, 1.165) is 22.4 Å². The summed E-state index contributed by atoms with van der Waals surface area (Å²) >= 11 is 7.48. The van der Waals surface area contributed by atoms with Crippen molar-refractivity contribution in [1.29, 1.82) is 0 Å². The zero-order chi connectivity index (χ0) is 16.1. The molecule has 0 aliphatic rings. The van der Waals surface area contributed by atoms with E-state index in [4.69, 9.17) is 11.6 Å². The third-order valence-electron chi connectivity index (χ3n) is 3.44. The summed E-state index contributed by atoms with van der Waals surface area (Å²) in [4.78, 5) is 16.5. The van der Waals surface area contributed by atoms with Crippen LogP contribution >= 0.6 is 22.9 Å². The lowest BCUT2D eigenvalue weighted by atomic mass is 10.1. The number of nitrogens with one attached hydrogen (secondary N) is 1. The van der Waals surface area contributed by atoms with Gasteiger partial charge in [0.05, 0.1) is 12.1 Å². The van der Waals surface area contributed by atoms with Crippen LogP contribution < -0.4 is 5.32 Å². The van der Waals surface area contributed by atoms with Crippen molar-refractivity contribution in [3.8, 4) is 11.3 Å². The molecule has 0 saturated heterocycles. The van der Waals surface area contributed by atoms with Crippen molar-refractivity contribution in [2.24, 2.45) is 0 Å². The molecule has 0 unspecified atom stereocenters. The van der Waals surface area contributed by atoms with Crippen LogP contribution in [0, 0.1) is 0 Å². The predicted molar refractivity (Wildman–Crippen MR) is 94.6 cm³/mol. The number of rotatable bonds is 5. The molecule has 0 aliphatic heterocycles. The molecule has 3 rings (SSSR count). The van der Waals surface area contributed by atoms with Crippen LogP contribution in [0.15, 0.2) is 59.4 Å². The van der Waals surface area contributed by atoms with Gasteiger partial charge < -0.3 is 5.32 Å². The largest absolute Gasteiger partial charge is 0.352 e. The molecule has 3 aromatic rings. The minimum absolute atomic E-state index is 0.0209. The Labute approximate surface area is 144 Å². The van der Waals surface area contributed by atoms with Gasteiger partial charge in [-0.3, -0.25) is 9.78 Å². The van der Waals surface area contributed by atoms with Crippen LogP contribution in [0.3, 0.4) is 0 Å². The number of thiophene rings is 1. The van der Waals surface area contributed by atoms with Gasteiger partial charge in [-0.25, -0.2) is 0 Å². The summed E-state index contributed by atoms with van der Waals surface area (Å²) in [6.45, 7) is 0.464. The number of carbonyl (C=O) groups excluding carboxylic acids is 1. The van der Waals surface area contributed by atoms with Gasteiger partial charge >= 0.3 is 0 Å². The molecule has 0 bridgehead atoms. The molecule has 1 aromatic carbocycles. The van der Waals surface area contributed by atoms with E-state index in [1.54, 1.807) is 29.7 Å². The van der Waals surface area contributed by atoms with Gasteiger partial charge in [0, 0.05) is 28.7 Å². The summed E-state index contributed by atoms with van der Waals surface area (Å²) < 4.78 is 0. The summed E-state index contributed by atoms with van der Waals surface area (Å²) in [5, 5.41) is 7.70. The van der Waals surface area contributed by atoms with Gasteiger partial charge in [-0.15, -0.1) is 0 Å². The summed E-state index contributed by atoms with van der Waals surface area (Å²) in [5.41, 5.74) is 3.95. The highest BCUT2D eigenvalue weighted by molar-refractivity contribution is 7.08. The van der Waals surface area contributed by atoms with Gasteiger partial charge in [0.25, 0.3) is 0 Å². The molecule has 116 valence electrons. The van der Waals surface area contributed by atoms with Crippen molar-refractivity contribution in [1.82, 2.24) is 10.3 Å². The SMILES string of the molecule is O=C(Cc1ccc(Cl)cc1)NCc1cccnc1-c1ccsc1. The summed E-state index contributed by atoms with van der Waals surface area (Å²) in [6.07, 6.45) is 2.11. The first kappa shape index (κ1) is 15.7. The maximum absolute atomic E-state index is 12.1. The number of carbonyl (C=O) groups is 1.